The molecule has 0 aliphatic carbocycles. The van der Waals surface area contributed by atoms with Gasteiger partial charge in [0.25, 0.3) is 0 Å². The van der Waals surface area contributed by atoms with E-state index >= 15 is 0 Å². The van der Waals surface area contributed by atoms with E-state index in [0.29, 0.717) is 42.2 Å². The first kappa shape index (κ1) is 20.1. The number of hydrogen-bond acceptors (Lipinski definition) is 6. The average Bonchev–Trinajstić information content (AvgIpc) is 2.98. The van der Waals surface area contributed by atoms with Crippen LogP contribution in [0.1, 0.15) is 18.4 Å². The van der Waals surface area contributed by atoms with Crippen molar-refractivity contribution in [1.29, 1.82) is 0 Å². The second-order valence-electron chi connectivity index (χ2n) is 5.30. The minimum absolute atomic E-state index is 0. The van der Waals surface area contributed by atoms with Gasteiger partial charge in [-0.2, -0.15) is 0 Å². The average molecular weight is 360 g/mol. The fourth-order valence-corrected chi connectivity index (χ4v) is 3.22. The molecule has 0 bridgehead atoms. The van der Waals surface area contributed by atoms with Crippen LogP contribution >= 0.6 is 12.4 Å². The Morgan fingerprint density at radius 3 is 2.25 bits per heavy atom. The summed E-state index contributed by atoms with van der Waals surface area (Å²) >= 11 is 0. The monoisotopic (exact) mass is 359 g/mol. The smallest absolute Gasteiger partial charge is 0.328 e. The molecule has 1 fully saturated rings. The first-order chi connectivity index (χ1) is 11.0. The van der Waals surface area contributed by atoms with Crippen molar-refractivity contribution in [2.24, 2.45) is 0 Å². The van der Waals surface area contributed by atoms with Crippen LogP contribution in [0.2, 0.25) is 0 Å². The fourth-order valence-electron chi connectivity index (χ4n) is 3.22. The summed E-state index contributed by atoms with van der Waals surface area (Å²) in [6.45, 7) is 0.602. The number of methoxy groups -OCH3 is 3. The molecule has 24 heavy (non-hydrogen) atoms. The molecule has 1 atom stereocenters. The molecule has 0 unspecified atom stereocenters. The van der Waals surface area contributed by atoms with Crippen LogP contribution in [0.5, 0.6) is 17.2 Å². The quantitative estimate of drug-likeness (QED) is 0.742. The molecule has 1 N–H and O–H groups in total. The lowest BCUT2D eigenvalue weighted by Gasteiger charge is -2.34. The van der Waals surface area contributed by atoms with Crippen LogP contribution in [-0.2, 0) is 15.1 Å². The summed E-state index contributed by atoms with van der Waals surface area (Å²) in [5.41, 5.74) is -0.757. The standard InChI is InChI=1S/C16H21NO6.ClH/c1-21-12-9-11(10-13(22-2)14(12)23-3)16(15(19)20)5-4-6-17(16)7-8-18;/h8-10H,4-7H2,1-3H3,(H,19,20);1H/t16-;/m1./s1. The molecule has 1 saturated heterocycles. The molecule has 0 amide bonds. The Balaban J connectivity index is 0.00000288. The third-order valence-electron chi connectivity index (χ3n) is 4.30. The van der Waals surface area contributed by atoms with Crippen LogP contribution in [0.15, 0.2) is 12.1 Å². The number of likely N-dealkylation sites (tertiary alicyclic amines) is 1. The lowest BCUT2D eigenvalue weighted by atomic mass is 9.86. The first-order valence-electron chi connectivity index (χ1n) is 7.27. The number of rotatable bonds is 7. The van der Waals surface area contributed by atoms with E-state index in [9.17, 15) is 14.7 Å². The Bertz CT molecular complexity index is 583. The molecule has 134 valence electrons. The van der Waals surface area contributed by atoms with Crippen LogP contribution in [-0.4, -0.2) is 56.7 Å². The summed E-state index contributed by atoms with van der Waals surface area (Å²) in [5.74, 6) is 0.186. The Morgan fingerprint density at radius 1 is 1.25 bits per heavy atom. The van der Waals surface area contributed by atoms with Gasteiger partial charge in [-0.05, 0) is 30.5 Å². The number of carbonyl (C=O) groups is 2. The minimum Gasteiger partial charge on any atom is -0.493 e. The van der Waals surface area contributed by atoms with E-state index in [-0.39, 0.29) is 19.0 Å². The number of carbonyl (C=O) groups excluding carboxylic acids is 1. The molecule has 0 aromatic heterocycles. The molecule has 1 heterocycles. The Kier molecular flexibility index (Phi) is 6.86. The van der Waals surface area contributed by atoms with Crippen LogP contribution in [0.25, 0.3) is 0 Å². The number of aldehydes is 1. The zero-order valence-corrected chi connectivity index (χ0v) is 14.7. The minimum atomic E-state index is -1.27. The molecule has 1 aromatic rings. The van der Waals surface area contributed by atoms with Crippen LogP contribution in [0.4, 0.5) is 0 Å². The maximum absolute atomic E-state index is 12.1. The lowest BCUT2D eigenvalue weighted by molar-refractivity contribution is -0.150. The van der Waals surface area contributed by atoms with E-state index < -0.39 is 11.5 Å². The highest BCUT2D eigenvalue weighted by atomic mass is 35.5. The zero-order valence-electron chi connectivity index (χ0n) is 13.9. The Morgan fingerprint density at radius 2 is 1.83 bits per heavy atom. The molecule has 1 aromatic carbocycles. The number of ether oxygens (including phenoxy) is 3. The van der Waals surface area contributed by atoms with Gasteiger partial charge in [0.05, 0.1) is 27.9 Å². The highest BCUT2D eigenvalue weighted by Crippen LogP contribution is 2.46. The molecule has 1 aliphatic rings. The van der Waals surface area contributed by atoms with Gasteiger partial charge < -0.3 is 24.1 Å². The van der Waals surface area contributed by atoms with Crippen molar-refractivity contribution in [3.63, 3.8) is 0 Å². The van der Waals surface area contributed by atoms with E-state index in [0.717, 1.165) is 6.29 Å². The fraction of sp³-hybridized carbons (Fsp3) is 0.500. The highest BCUT2D eigenvalue weighted by molar-refractivity contribution is 5.85. The van der Waals surface area contributed by atoms with Gasteiger partial charge in [-0.1, -0.05) is 0 Å². The summed E-state index contributed by atoms with van der Waals surface area (Å²) in [7, 11) is 4.44. The van der Waals surface area contributed by atoms with E-state index in [4.69, 9.17) is 14.2 Å². The number of hydrogen-bond donors (Lipinski definition) is 1. The zero-order chi connectivity index (χ0) is 17.0. The van der Waals surface area contributed by atoms with Crippen molar-refractivity contribution in [3.8, 4) is 17.2 Å². The van der Waals surface area contributed by atoms with Crippen molar-refractivity contribution < 1.29 is 28.9 Å². The van der Waals surface area contributed by atoms with Crippen molar-refractivity contribution >= 4 is 24.7 Å². The van der Waals surface area contributed by atoms with Gasteiger partial charge in [-0.15, -0.1) is 12.4 Å². The second kappa shape index (κ2) is 8.21. The van der Waals surface area contributed by atoms with Gasteiger partial charge in [0.2, 0.25) is 5.75 Å². The van der Waals surface area contributed by atoms with E-state index in [1.54, 1.807) is 17.0 Å². The number of halogens is 1. The predicted octanol–water partition coefficient (Wildman–Crippen LogP) is 1.71. The third kappa shape index (κ3) is 3.14. The van der Waals surface area contributed by atoms with Gasteiger partial charge in [-0.25, -0.2) is 4.79 Å². The normalized spacial score (nSPS) is 20.1. The first-order valence-corrected chi connectivity index (χ1v) is 7.27. The van der Waals surface area contributed by atoms with Crippen LogP contribution in [0.3, 0.4) is 0 Å². The highest BCUT2D eigenvalue weighted by Gasteiger charge is 2.49. The van der Waals surface area contributed by atoms with E-state index in [2.05, 4.69) is 0 Å². The summed E-state index contributed by atoms with van der Waals surface area (Å²) in [6.07, 6.45) is 1.83. The summed E-state index contributed by atoms with van der Waals surface area (Å²) in [6, 6.07) is 3.27. The third-order valence-corrected chi connectivity index (χ3v) is 4.30. The van der Waals surface area contributed by atoms with Crippen LogP contribution in [0, 0.1) is 0 Å². The molecular formula is C16H22ClNO6. The second-order valence-corrected chi connectivity index (χ2v) is 5.30. The molecule has 1 aliphatic heterocycles. The molecular weight excluding hydrogens is 338 g/mol. The Hall–Kier alpha value is -1.99. The molecule has 0 spiro atoms. The maximum Gasteiger partial charge on any atom is 0.328 e. The lowest BCUT2D eigenvalue weighted by Crippen LogP contribution is -2.48. The summed E-state index contributed by atoms with van der Waals surface area (Å²) in [5, 5.41) is 9.90. The number of benzene rings is 1. The largest absolute Gasteiger partial charge is 0.493 e. The SMILES string of the molecule is COc1cc([C@@]2(C(=O)O)CCCN2CC=O)cc(OC)c1OC.Cl. The number of nitrogens with zero attached hydrogens (tertiary/aromatic N) is 1. The topological polar surface area (TPSA) is 85.3 Å². The van der Waals surface area contributed by atoms with Crippen LogP contribution < -0.4 is 14.2 Å². The molecule has 0 saturated carbocycles. The molecule has 8 heteroatoms. The van der Waals surface area contributed by atoms with Crippen molar-refractivity contribution in [1.82, 2.24) is 4.90 Å². The number of carboxylic acids is 1. The van der Waals surface area contributed by atoms with Gasteiger partial charge >= 0.3 is 5.97 Å². The van der Waals surface area contributed by atoms with Gasteiger partial charge in [0.15, 0.2) is 11.5 Å². The Labute approximate surface area is 146 Å². The molecule has 0 radical (unpaired) electrons. The van der Waals surface area contributed by atoms with Crippen molar-refractivity contribution in [2.45, 2.75) is 18.4 Å². The predicted molar refractivity (Wildman–Crippen MR) is 89.5 cm³/mol. The van der Waals surface area contributed by atoms with Crippen molar-refractivity contribution in [3.05, 3.63) is 17.7 Å². The van der Waals surface area contributed by atoms with Gasteiger partial charge in [-0.3, -0.25) is 4.90 Å². The number of aliphatic carboxylic acids is 1. The van der Waals surface area contributed by atoms with Gasteiger partial charge in [0, 0.05) is 6.54 Å². The summed E-state index contributed by atoms with van der Waals surface area (Å²) in [4.78, 5) is 24.7. The van der Waals surface area contributed by atoms with Crippen molar-refractivity contribution in [2.75, 3.05) is 34.4 Å². The summed E-state index contributed by atoms with van der Waals surface area (Å²) < 4.78 is 15.9. The van der Waals surface area contributed by atoms with E-state index in [1.165, 1.54) is 21.3 Å². The maximum atomic E-state index is 12.1. The molecule has 7 nitrogen and oxygen atoms in total. The number of carboxylic acid groups (broad SMARTS) is 1. The molecule has 2 rings (SSSR count). The van der Waals surface area contributed by atoms with E-state index in [1.807, 2.05) is 0 Å². The van der Waals surface area contributed by atoms with Gasteiger partial charge in [0.1, 0.15) is 11.8 Å².